The highest BCUT2D eigenvalue weighted by molar-refractivity contribution is 5.98. The van der Waals surface area contributed by atoms with Gasteiger partial charge in [-0.25, -0.2) is 4.79 Å². The van der Waals surface area contributed by atoms with Crippen molar-refractivity contribution in [3.8, 4) is 0 Å². The summed E-state index contributed by atoms with van der Waals surface area (Å²) >= 11 is 0. The highest BCUT2D eigenvalue weighted by atomic mass is 16.6. The van der Waals surface area contributed by atoms with E-state index in [0.29, 0.717) is 11.1 Å². The maximum atomic E-state index is 11.3. The van der Waals surface area contributed by atoms with Gasteiger partial charge in [-0.1, -0.05) is 67.3 Å². The lowest BCUT2D eigenvalue weighted by Crippen LogP contribution is -2.13. The summed E-state index contributed by atoms with van der Waals surface area (Å²) in [5, 5.41) is 20.4. The molecule has 0 aromatic heterocycles. The quantitative estimate of drug-likeness (QED) is 0.520. The van der Waals surface area contributed by atoms with Crippen LogP contribution in [-0.4, -0.2) is 16.0 Å². The van der Waals surface area contributed by atoms with Gasteiger partial charge in [0.25, 0.3) is 0 Å². The summed E-state index contributed by atoms with van der Waals surface area (Å²) in [4.78, 5) is 21.7. The van der Waals surface area contributed by atoms with E-state index in [9.17, 15) is 20.0 Å². The van der Waals surface area contributed by atoms with Crippen LogP contribution in [0, 0.1) is 10.1 Å². The number of carbonyl (C=O) groups is 1. The summed E-state index contributed by atoms with van der Waals surface area (Å²) in [6.45, 7) is 3.64. The molecule has 0 aliphatic carbocycles. The predicted molar refractivity (Wildman–Crippen MR) is 83.6 cm³/mol. The Morgan fingerprint density at radius 2 is 1.59 bits per heavy atom. The number of rotatable bonds is 5. The van der Waals surface area contributed by atoms with Gasteiger partial charge < -0.3 is 5.11 Å². The molecule has 0 unspecified atom stereocenters. The van der Waals surface area contributed by atoms with Crippen LogP contribution in [0.3, 0.4) is 0 Å². The molecular weight excluding hydrogens is 282 g/mol. The van der Waals surface area contributed by atoms with Gasteiger partial charge in [0, 0.05) is 0 Å². The molecule has 2 aromatic rings. The topological polar surface area (TPSA) is 80.4 Å². The predicted octanol–water partition coefficient (Wildman–Crippen LogP) is 3.45. The lowest BCUT2D eigenvalue weighted by molar-refractivity contribution is -0.419. The number of hydrogen-bond acceptors (Lipinski definition) is 3. The standard InChI is InChI=1S/C17H13NO4/c1-2-12-8-10-14(11-9-12)15(13-6-4-3-5-7-13)16(17(19)20)18(21)22/h2-11H,1H2,(H,19,20). The molecule has 0 amide bonds. The minimum Gasteiger partial charge on any atom is -0.473 e. The molecule has 5 nitrogen and oxygen atoms in total. The molecule has 0 atom stereocenters. The number of benzene rings is 2. The Morgan fingerprint density at radius 3 is 2.05 bits per heavy atom. The molecule has 0 aliphatic heterocycles. The van der Waals surface area contributed by atoms with E-state index in [4.69, 9.17) is 0 Å². The van der Waals surface area contributed by atoms with E-state index >= 15 is 0 Å². The molecule has 0 spiro atoms. The summed E-state index contributed by atoms with van der Waals surface area (Å²) in [6, 6.07) is 15.2. The minimum atomic E-state index is -1.57. The van der Waals surface area contributed by atoms with Crippen LogP contribution in [0.2, 0.25) is 0 Å². The highest BCUT2D eigenvalue weighted by Crippen LogP contribution is 2.28. The molecule has 2 rings (SSSR count). The van der Waals surface area contributed by atoms with Crippen molar-refractivity contribution in [2.45, 2.75) is 0 Å². The molecule has 0 saturated heterocycles. The van der Waals surface area contributed by atoms with Gasteiger partial charge in [0.05, 0.1) is 10.5 Å². The van der Waals surface area contributed by atoms with Gasteiger partial charge in [-0.3, -0.25) is 10.1 Å². The van der Waals surface area contributed by atoms with E-state index in [-0.39, 0.29) is 5.57 Å². The zero-order valence-corrected chi connectivity index (χ0v) is 11.6. The Bertz CT molecular complexity index is 730. The van der Waals surface area contributed by atoms with Crippen LogP contribution >= 0.6 is 0 Å². The van der Waals surface area contributed by atoms with Crippen LogP contribution in [0.5, 0.6) is 0 Å². The second kappa shape index (κ2) is 6.49. The van der Waals surface area contributed by atoms with Gasteiger partial charge in [0.15, 0.2) is 0 Å². The molecule has 0 bridgehead atoms. The Labute approximate surface area is 127 Å². The van der Waals surface area contributed by atoms with Crippen molar-refractivity contribution in [1.82, 2.24) is 0 Å². The molecule has 0 fully saturated rings. The van der Waals surface area contributed by atoms with Crippen LogP contribution in [0.4, 0.5) is 0 Å². The van der Waals surface area contributed by atoms with Crippen molar-refractivity contribution in [2.24, 2.45) is 0 Å². The lowest BCUT2D eigenvalue weighted by atomic mass is 9.95. The number of carboxylic acids is 1. The van der Waals surface area contributed by atoms with E-state index in [1.54, 1.807) is 60.7 Å². The van der Waals surface area contributed by atoms with E-state index in [2.05, 4.69) is 6.58 Å². The third kappa shape index (κ3) is 3.09. The average Bonchev–Trinajstić information content (AvgIpc) is 2.52. The Hall–Kier alpha value is -3.21. The fraction of sp³-hybridized carbons (Fsp3) is 0. The van der Waals surface area contributed by atoms with Crippen molar-refractivity contribution >= 4 is 17.6 Å². The molecule has 1 N–H and O–H groups in total. The van der Waals surface area contributed by atoms with Crippen molar-refractivity contribution in [2.75, 3.05) is 0 Å². The van der Waals surface area contributed by atoms with Crippen molar-refractivity contribution in [3.63, 3.8) is 0 Å². The zero-order chi connectivity index (χ0) is 16.1. The van der Waals surface area contributed by atoms with Gasteiger partial charge >= 0.3 is 11.7 Å². The maximum absolute atomic E-state index is 11.3. The van der Waals surface area contributed by atoms with E-state index in [1.807, 2.05) is 0 Å². The first-order chi connectivity index (χ1) is 10.5. The summed E-state index contributed by atoms with van der Waals surface area (Å²) in [5.41, 5.74) is 1.01. The number of carboxylic acid groups (broad SMARTS) is 1. The minimum absolute atomic E-state index is 0.0775. The number of hydrogen-bond donors (Lipinski definition) is 1. The molecule has 0 aliphatic rings. The molecule has 2 aromatic carbocycles. The van der Waals surface area contributed by atoms with Crippen LogP contribution in [0.1, 0.15) is 16.7 Å². The average molecular weight is 295 g/mol. The fourth-order valence-electron chi connectivity index (χ4n) is 2.11. The smallest absolute Gasteiger partial charge is 0.408 e. The largest absolute Gasteiger partial charge is 0.473 e. The fourth-order valence-corrected chi connectivity index (χ4v) is 2.11. The summed E-state index contributed by atoms with van der Waals surface area (Å²) in [5.74, 6) is -1.57. The van der Waals surface area contributed by atoms with Gasteiger partial charge in [0.2, 0.25) is 0 Å². The van der Waals surface area contributed by atoms with Crippen molar-refractivity contribution in [3.05, 3.63) is 93.7 Å². The molecule has 0 saturated carbocycles. The first-order valence-electron chi connectivity index (χ1n) is 6.45. The van der Waals surface area contributed by atoms with Crippen LogP contribution in [-0.2, 0) is 4.79 Å². The van der Waals surface area contributed by atoms with Crippen molar-refractivity contribution < 1.29 is 14.8 Å². The van der Waals surface area contributed by atoms with Gasteiger partial charge in [-0.2, -0.15) is 0 Å². The first kappa shape index (κ1) is 15.2. The molecule has 110 valence electrons. The Kier molecular flexibility index (Phi) is 4.48. The zero-order valence-electron chi connectivity index (χ0n) is 11.6. The SMILES string of the molecule is C=Cc1ccc(C(=C(C(=O)O)[N+](=O)[O-])c2ccccc2)cc1. The molecule has 0 radical (unpaired) electrons. The second-order valence-electron chi connectivity index (χ2n) is 4.48. The summed E-state index contributed by atoms with van der Waals surface area (Å²) in [6.07, 6.45) is 1.64. The number of aliphatic carboxylic acids is 1. The van der Waals surface area contributed by atoms with Gasteiger partial charge in [-0.15, -0.1) is 0 Å². The summed E-state index contributed by atoms with van der Waals surface area (Å²) in [7, 11) is 0. The van der Waals surface area contributed by atoms with Crippen LogP contribution < -0.4 is 0 Å². The van der Waals surface area contributed by atoms with E-state index in [0.717, 1.165) is 5.56 Å². The third-order valence-electron chi connectivity index (χ3n) is 3.12. The number of nitrogens with zero attached hydrogens (tertiary/aromatic N) is 1. The van der Waals surface area contributed by atoms with Crippen LogP contribution in [0.15, 0.2) is 66.9 Å². The molecule has 22 heavy (non-hydrogen) atoms. The molecular formula is C17H13NO4. The Balaban J connectivity index is 2.74. The van der Waals surface area contributed by atoms with Crippen molar-refractivity contribution in [1.29, 1.82) is 0 Å². The Morgan fingerprint density at radius 1 is 1.05 bits per heavy atom. The van der Waals surface area contributed by atoms with Gasteiger partial charge in [-0.05, 0) is 16.7 Å². The number of nitro groups is 1. The first-order valence-corrected chi connectivity index (χ1v) is 6.45. The van der Waals surface area contributed by atoms with Crippen LogP contribution in [0.25, 0.3) is 11.6 Å². The normalized spacial score (nSPS) is 11.5. The second-order valence-corrected chi connectivity index (χ2v) is 4.48. The third-order valence-corrected chi connectivity index (χ3v) is 3.12. The van der Waals surface area contributed by atoms with E-state index in [1.165, 1.54) is 0 Å². The van der Waals surface area contributed by atoms with Gasteiger partial charge in [0.1, 0.15) is 0 Å². The van der Waals surface area contributed by atoms with E-state index < -0.39 is 16.6 Å². The monoisotopic (exact) mass is 295 g/mol. The molecule has 5 heteroatoms. The lowest BCUT2D eigenvalue weighted by Gasteiger charge is -2.08. The molecule has 0 heterocycles. The maximum Gasteiger partial charge on any atom is 0.408 e. The highest BCUT2D eigenvalue weighted by Gasteiger charge is 2.28. The summed E-state index contributed by atoms with van der Waals surface area (Å²) < 4.78 is 0.